The summed E-state index contributed by atoms with van der Waals surface area (Å²) >= 11 is 1.53. The van der Waals surface area contributed by atoms with Crippen molar-refractivity contribution in [3.63, 3.8) is 0 Å². The van der Waals surface area contributed by atoms with Crippen LogP contribution >= 0.6 is 11.3 Å². The molecule has 7 nitrogen and oxygen atoms in total. The number of imidazole rings is 1. The van der Waals surface area contributed by atoms with Gasteiger partial charge in [0.1, 0.15) is 5.82 Å². The highest BCUT2D eigenvalue weighted by Crippen LogP contribution is 2.23. The fourth-order valence-corrected chi connectivity index (χ4v) is 3.80. The maximum atomic E-state index is 12.4. The number of hydrogen-bond donors (Lipinski definition) is 1. The Hall–Kier alpha value is -2.71. The Balaban J connectivity index is 1.59. The summed E-state index contributed by atoms with van der Waals surface area (Å²) in [6.45, 7) is 3.65. The molecule has 4 aromatic heterocycles. The van der Waals surface area contributed by atoms with Gasteiger partial charge in [-0.3, -0.25) is 4.40 Å². The zero-order chi connectivity index (χ0) is 16.8. The van der Waals surface area contributed by atoms with E-state index in [1.807, 2.05) is 40.4 Å². The van der Waals surface area contributed by atoms with Gasteiger partial charge in [-0.2, -0.15) is 4.98 Å². The highest BCUT2D eigenvalue weighted by atomic mass is 32.1. The number of anilines is 1. The molecular weight excluding hydrogens is 338 g/mol. The number of nitrogens with zero attached hydrogens (tertiary/aromatic N) is 4. The van der Waals surface area contributed by atoms with E-state index in [-0.39, 0.29) is 0 Å². The number of rotatable bonds is 2. The van der Waals surface area contributed by atoms with Gasteiger partial charge < -0.3 is 14.6 Å². The molecule has 1 aliphatic rings. The van der Waals surface area contributed by atoms with E-state index < -0.39 is 5.63 Å². The summed E-state index contributed by atoms with van der Waals surface area (Å²) in [6.07, 6.45) is 3.76. The highest BCUT2D eigenvalue weighted by Gasteiger charge is 2.15. The van der Waals surface area contributed by atoms with Crippen LogP contribution in [-0.4, -0.2) is 40.5 Å². The fourth-order valence-electron chi connectivity index (χ4n) is 3.10. The van der Waals surface area contributed by atoms with Crippen LogP contribution in [0.4, 0.5) is 5.82 Å². The lowest BCUT2D eigenvalue weighted by Crippen LogP contribution is -2.43. The van der Waals surface area contributed by atoms with Crippen molar-refractivity contribution in [1.29, 1.82) is 0 Å². The second-order valence-electron chi connectivity index (χ2n) is 5.97. The molecular formula is C17H15N5O2S. The lowest BCUT2D eigenvalue weighted by atomic mass is 10.2. The minimum atomic E-state index is -0.414. The quantitative estimate of drug-likeness (QED) is 0.594. The zero-order valence-corrected chi connectivity index (χ0v) is 14.1. The maximum Gasteiger partial charge on any atom is 0.347 e. The van der Waals surface area contributed by atoms with Gasteiger partial charge in [-0.05, 0) is 18.2 Å². The lowest BCUT2D eigenvalue weighted by molar-refractivity contribution is 0.547. The summed E-state index contributed by atoms with van der Waals surface area (Å²) < 4.78 is 7.39. The van der Waals surface area contributed by atoms with E-state index in [9.17, 15) is 4.79 Å². The molecule has 0 atom stereocenters. The first-order chi connectivity index (χ1) is 12.3. The van der Waals surface area contributed by atoms with Gasteiger partial charge in [0.25, 0.3) is 0 Å². The number of thiazole rings is 1. The van der Waals surface area contributed by atoms with E-state index >= 15 is 0 Å². The second kappa shape index (κ2) is 5.68. The number of fused-ring (bicyclic) bond motifs is 2. The van der Waals surface area contributed by atoms with Crippen molar-refractivity contribution in [3.8, 4) is 11.3 Å². The van der Waals surface area contributed by atoms with Crippen molar-refractivity contribution >= 4 is 33.2 Å². The maximum absolute atomic E-state index is 12.4. The Labute approximate surface area is 146 Å². The van der Waals surface area contributed by atoms with Gasteiger partial charge in [0.15, 0.2) is 4.96 Å². The van der Waals surface area contributed by atoms with Crippen LogP contribution in [0.5, 0.6) is 0 Å². The molecule has 1 aliphatic heterocycles. The van der Waals surface area contributed by atoms with Gasteiger partial charge in [-0.1, -0.05) is 0 Å². The molecule has 5 rings (SSSR count). The fraction of sp³-hybridized carbons (Fsp3) is 0.235. The summed E-state index contributed by atoms with van der Waals surface area (Å²) in [5.41, 5.74) is 1.03. The summed E-state index contributed by atoms with van der Waals surface area (Å²) in [4.78, 5) is 24.5. The van der Waals surface area contributed by atoms with Crippen LogP contribution < -0.4 is 15.8 Å². The molecule has 1 fully saturated rings. The third-order valence-electron chi connectivity index (χ3n) is 4.39. The lowest BCUT2D eigenvalue weighted by Gasteiger charge is -2.28. The van der Waals surface area contributed by atoms with E-state index in [1.165, 1.54) is 11.3 Å². The summed E-state index contributed by atoms with van der Waals surface area (Å²) in [5, 5.41) is 6.07. The molecule has 0 aliphatic carbocycles. The topological polar surface area (TPSA) is 75.7 Å². The van der Waals surface area contributed by atoms with E-state index in [4.69, 9.17) is 4.42 Å². The molecule has 25 heavy (non-hydrogen) atoms. The molecule has 0 amide bonds. The summed E-state index contributed by atoms with van der Waals surface area (Å²) in [6, 6.07) is 5.73. The molecule has 0 saturated carbocycles. The summed E-state index contributed by atoms with van der Waals surface area (Å²) in [7, 11) is 0. The van der Waals surface area contributed by atoms with Gasteiger partial charge >= 0.3 is 5.63 Å². The van der Waals surface area contributed by atoms with Crippen LogP contribution in [0, 0.1) is 0 Å². The number of nitrogens with one attached hydrogen (secondary N) is 1. The minimum Gasteiger partial charge on any atom is -0.403 e. The molecule has 0 bridgehead atoms. The monoisotopic (exact) mass is 353 g/mol. The third kappa shape index (κ3) is 2.50. The zero-order valence-electron chi connectivity index (χ0n) is 13.3. The Morgan fingerprint density at radius 3 is 2.92 bits per heavy atom. The van der Waals surface area contributed by atoms with Crippen LogP contribution in [-0.2, 0) is 0 Å². The first kappa shape index (κ1) is 14.6. The number of hydrogen-bond acceptors (Lipinski definition) is 7. The van der Waals surface area contributed by atoms with Crippen LogP contribution in [0.2, 0.25) is 0 Å². The predicted octanol–water partition coefficient (Wildman–Crippen LogP) is 1.97. The summed E-state index contributed by atoms with van der Waals surface area (Å²) in [5.74, 6) is 0.840. The van der Waals surface area contributed by atoms with Crippen LogP contribution in [0.1, 0.15) is 0 Å². The van der Waals surface area contributed by atoms with Gasteiger partial charge in [0, 0.05) is 49.3 Å². The highest BCUT2D eigenvalue weighted by molar-refractivity contribution is 7.15. The first-order valence-electron chi connectivity index (χ1n) is 8.11. The van der Waals surface area contributed by atoms with E-state index in [0.29, 0.717) is 17.0 Å². The van der Waals surface area contributed by atoms with Crippen molar-refractivity contribution in [1.82, 2.24) is 19.7 Å². The van der Waals surface area contributed by atoms with E-state index in [0.717, 1.165) is 42.3 Å². The van der Waals surface area contributed by atoms with Crippen LogP contribution in [0.3, 0.4) is 0 Å². The van der Waals surface area contributed by atoms with Crippen molar-refractivity contribution in [3.05, 3.63) is 46.4 Å². The van der Waals surface area contributed by atoms with Gasteiger partial charge in [0.05, 0.1) is 11.3 Å². The average Bonchev–Trinajstić information content (AvgIpc) is 3.23. The molecule has 4 aromatic rings. The molecule has 0 spiro atoms. The Morgan fingerprint density at radius 2 is 2.08 bits per heavy atom. The van der Waals surface area contributed by atoms with Crippen molar-refractivity contribution in [2.75, 3.05) is 31.1 Å². The van der Waals surface area contributed by atoms with Gasteiger partial charge in [-0.15, -0.1) is 11.3 Å². The smallest absolute Gasteiger partial charge is 0.347 e. The molecule has 8 heteroatoms. The third-order valence-corrected chi connectivity index (χ3v) is 5.17. The Bertz CT molecular complexity index is 1090. The first-order valence-corrected chi connectivity index (χ1v) is 8.99. The normalized spacial score (nSPS) is 15.3. The van der Waals surface area contributed by atoms with Crippen molar-refractivity contribution in [2.45, 2.75) is 0 Å². The largest absolute Gasteiger partial charge is 0.403 e. The second-order valence-corrected chi connectivity index (χ2v) is 6.84. The van der Waals surface area contributed by atoms with Crippen LogP contribution in [0.25, 0.3) is 27.3 Å². The van der Waals surface area contributed by atoms with Crippen LogP contribution in [0.15, 0.2) is 45.2 Å². The standard InChI is InChI=1S/C17H15N5O2S/c23-16-12(13-10-22-7-8-25-17(22)19-13)9-11-1-2-14(20-15(11)24-16)21-5-3-18-4-6-21/h1-2,7-10,18H,3-6H2. The van der Waals surface area contributed by atoms with Gasteiger partial charge in [0.2, 0.25) is 5.71 Å². The molecule has 0 unspecified atom stereocenters. The average molecular weight is 353 g/mol. The minimum absolute atomic E-state index is 0.366. The van der Waals surface area contributed by atoms with E-state index in [2.05, 4.69) is 20.2 Å². The van der Waals surface area contributed by atoms with E-state index in [1.54, 1.807) is 0 Å². The Kier molecular flexibility index (Phi) is 3.32. The van der Waals surface area contributed by atoms with Crippen molar-refractivity contribution in [2.24, 2.45) is 0 Å². The predicted molar refractivity (Wildman–Crippen MR) is 97.4 cm³/mol. The Morgan fingerprint density at radius 1 is 1.20 bits per heavy atom. The number of pyridine rings is 1. The molecule has 0 aromatic carbocycles. The molecule has 1 saturated heterocycles. The van der Waals surface area contributed by atoms with Gasteiger partial charge in [-0.25, -0.2) is 9.78 Å². The number of piperazine rings is 1. The molecule has 0 radical (unpaired) electrons. The molecule has 126 valence electrons. The molecule has 1 N–H and O–H groups in total. The van der Waals surface area contributed by atoms with Crippen molar-refractivity contribution < 1.29 is 4.42 Å². The SMILES string of the molecule is O=c1oc2nc(N3CCNCC3)ccc2cc1-c1cn2ccsc2n1. The number of aromatic nitrogens is 3. The molecule has 5 heterocycles.